The van der Waals surface area contributed by atoms with Crippen LogP contribution in [0.4, 0.5) is 0 Å². The lowest BCUT2D eigenvalue weighted by molar-refractivity contribution is -0.0179. The van der Waals surface area contributed by atoms with Crippen LogP contribution in [0.3, 0.4) is 0 Å². The molecule has 4 heterocycles. The lowest BCUT2D eigenvalue weighted by Crippen LogP contribution is -2.41. The molecule has 2 aromatic heterocycles. The van der Waals surface area contributed by atoms with E-state index in [4.69, 9.17) is 9.15 Å². The van der Waals surface area contributed by atoms with Crippen molar-refractivity contribution in [2.45, 2.75) is 57.3 Å². The fourth-order valence-corrected chi connectivity index (χ4v) is 4.48. The molecule has 0 spiro atoms. The molecule has 0 aromatic carbocycles. The van der Waals surface area contributed by atoms with Gasteiger partial charge < -0.3 is 9.15 Å². The zero-order valence-corrected chi connectivity index (χ0v) is 14.7. The molecule has 0 N–H and O–H groups in total. The SMILES string of the molecule is Cc1nc(CN2CC[C@@H]3C[C@H](c4nnc(C5CC5)o4)O[C@H]3C2)cs1. The van der Waals surface area contributed by atoms with Gasteiger partial charge in [0.15, 0.2) is 0 Å². The van der Waals surface area contributed by atoms with E-state index in [1.165, 1.54) is 25.0 Å². The lowest BCUT2D eigenvalue weighted by atomic mass is 9.92. The number of likely N-dealkylation sites (tertiary alicyclic amines) is 1. The van der Waals surface area contributed by atoms with E-state index in [2.05, 4.69) is 32.4 Å². The molecule has 2 aromatic rings. The molecule has 3 aliphatic rings. The molecule has 0 bridgehead atoms. The summed E-state index contributed by atoms with van der Waals surface area (Å²) < 4.78 is 12.1. The highest BCUT2D eigenvalue weighted by molar-refractivity contribution is 7.09. The van der Waals surface area contributed by atoms with Crippen molar-refractivity contribution in [1.82, 2.24) is 20.1 Å². The number of aryl methyl sites for hydroxylation is 1. The van der Waals surface area contributed by atoms with Crippen LogP contribution in [0.15, 0.2) is 9.80 Å². The number of hydrogen-bond donors (Lipinski definition) is 0. The van der Waals surface area contributed by atoms with Crippen LogP contribution in [-0.4, -0.2) is 39.3 Å². The Hall–Kier alpha value is -1.31. The standard InChI is InChI=1S/C17H22N4O2S/c1-10-18-13(9-24-10)7-21-5-4-12-6-14(22-15(12)8-21)17-20-19-16(23-17)11-2-3-11/h9,11-12,14-15H,2-8H2,1H3/t12-,14-,15+/m1/s1. The van der Waals surface area contributed by atoms with E-state index in [1.807, 2.05) is 0 Å². The third-order valence-corrected chi connectivity index (χ3v) is 6.17. The molecule has 0 amide bonds. The molecule has 1 aliphatic carbocycles. The number of nitrogens with zero attached hydrogens (tertiary/aromatic N) is 4. The van der Waals surface area contributed by atoms with Crippen LogP contribution in [0.25, 0.3) is 0 Å². The minimum absolute atomic E-state index is 0.0125. The fraction of sp³-hybridized carbons (Fsp3) is 0.706. The Bertz CT molecular complexity index is 726. The van der Waals surface area contributed by atoms with Crippen LogP contribution in [0.2, 0.25) is 0 Å². The number of hydrogen-bond acceptors (Lipinski definition) is 7. The smallest absolute Gasteiger partial charge is 0.245 e. The number of piperidine rings is 1. The average Bonchev–Trinajstić information content (AvgIpc) is 2.98. The Morgan fingerprint density at radius 2 is 2.12 bits per heavy atom. The first-order chi connectivity index (χ1) is 11.7. The summed E-state index contributed by atoms with van der Waals surface area (Å²) in [5, 5.41) is 11.7. The van der Waals surface area contributed by atoms with E-state index in [0.717, 1.165) is 37.0 Å². The van der Waals surface area contributed by atoms with Gasteiger partial charge >= 0.3 is 0 Å². The molecule has 2 aliphatic heterocycles. The first-order valence-electron chi connectivity index (χ1n) is 8.86. The molecule has 1 saturated carbocycles. The third kappa shape index (κ3) is 2.89. The van der Waals surface area contributed by atoms with Gasteiger partial charge in [-0.05, 0) is 45.1 Å². The van der Waals surface area contributed by atoms with Gasteiger partial charge in [-0.25, -0.2) is 4.98 Å². The summed E-state index contributed by atoms with van der Waals surface area (Å²) in [5.41, 5.74) is 1.18. The minimum Gasteiger partial charge on any atom is -0.422 e. The highest BCUT2D eigenvalue weighted by Crippen LogP contribution is 2.43. The van der Waals surface area contributed by atoms with Crippen LogP contribution in [-0.2, 0) is 11.3 Å². The predicted molar refractivity (Wildman–Crippen MR) is 88.7 cm³/mol. The Kier molecular flexibility index (Phi) is 3.68. The van der Waals surface area contributed by atoms with Crippen molar-refractivity contribution in [3.63, 3.8) is 0 Å². The molecule has 0 radical (unpaired) electrons. The normalized spacial score (nSPS) is 30.6. The number of aromatic nitrogens is 3. The third-order valence-electron chi connectivity index (χ3n) is 5.35. The first-order valence-corrected chi connectivity index (χ1v) is 9.74. The Balaban J connectivity index is 1.22. The van der Waals surface area contributed by atoms with Crippen LogP contribution >= 0.6 is 11.3 Å². The highest BCUT2D eigenvalue weighted by atomic mass is 32.1. The molecule has 5 rings (SSSR count). The fourth-order valence-electron chi connectivity index (χ4n) is 3.88. The summed E-state index contributed by atoms with van der Waals surface area (Å²) in [6.07, 6.45) is 4.82. The van der Waals surface area contributed by atoms with Gasteiger partial charge in [-0.2, -0.15) is 0 Å². The van der Waals surface area contributed by atoms with Gasteiger partial charge in [0.1, 0.15) is 6.10 Å². The minimum atomic E-state index is -0.0125. The van der Waals surface area contributed by atoms with E-state index in [-0.39, 0.29) is 12.2 Å². The Morgan fingerprint density at radius 1 is 1.25 bits per heavy atom. The van der Waals surface area contributed by atoms with Gasteiger partial charge in [-0.15, -0.1) is 21.5 Å². The number of thiazole rings is 1. The zero-order chi connectivity index (χ0) is 16.1. The summed E-state index contributed by atoms with van der Waals surface area (Å²) in [6.45, 7) is 5.08. The van der Waals surface area contributed by atoms with Crippen LogP contribution in [0.5, 0.6) is 0 Å². The molecule has 0 unspecified atom stereocenters. The zero-order valence-electron chi connectivity index (χ0n) is 13.9. The van der Waals surface area contributed by atoms with Gasteiger partial charge in [0, 0.05) is 24.4 Å². The predicted octanol–water partition coefficient (Wildman–Crippen LogP) is 3.06. The Morgan fingerprint density at radius 3 is 2.92 bits per heavy atom. The van der Waals surface area contributed by atoms with Crippen molar-refractivity contribution in [3.05, 3.63) is 27.9 Å². The second kappa shape index (κ2) is 5.89. The maximum atomic E-state index is 6.28. The topological polar surface area (TPSA) is 64.3 Å². The molecular weight excluding hydrogens is 324 g/mol. The van der Waals surface area contributed by atoms with Crippen molar-refractivity contribution in [2.24, 2.45) is 5.92 Å². The number of rotatable bonds is 4. The lowest BCUT2D eigenvalue weighted by Gasteiger charge is -2.33. The maximum Gasteiger partial charge on any atom is 0.245 e. The molecule has 6 nitrogen and oxygen atoms in total. The van der Waals surface area contributed by atoms with Crippen LogP contribution < -0.4 is 0 Å². The van der Waals surface area contributed by atoms with Crippen molar-refractivity contribution in [3.8, 4) is 0 Å². The monoisotopic (exact) mass is 346 g/mol. The van der Waals surface area contributed by atoms with E-state index < -0.39 is 0 Å². The number of fused-ring (bicyclic) bond motifs is 1. The quantitative estimate of drug-likeness (QED) is 0.848. The first kappa shape index (κ1) is 15.0. The second-order valence-electron chi connectivity index (χ2n) is 7.29. The molecular formula is C17H22N4O2S. The van der Waals surface area contributed by atoms with Gasteiger partial charge in [-0.1, -0.05) is 0 Å². The van der Waals surface area contributed by atoms with Crippen molar-refractivity contribution in [2.75, 3.05) is 13.1 Å². The second-order valence-corrected chi connectivity index (χ2v) is 8.36. The molecule has 24 heavy (non-hydrogen) atoms. The van der Waals surface area contributed by atoms with E-state index in [9.17, 15) is 0 Å². The van der Waals surface area contributed by atoms with Crippen molar-refractivity contribution >= 4 is 11.3 Å². The van der Waals surface area contributed by atoms with Crippen molar-refractivity contribution in [1.29, 1.82) is 0 Å². The van der Waals surface area contributed by atoms with Gasteiger partial charge in [0.25, 0.3) is 0 Å². The van der Waals surface area contributed by atoms with Crippen molar-refractivity contribution < 1.29 is 9.15 Å². The van der Waals surface area contributed by atoms with E-state index in [1.54, 1.807) is 11.3 Å². The summed E-state index contributed by atoms with van der Waals surface area (Å²) in [5.74, 6) is 2.61. The molecule has 2 saturated heterocycles. The average molecular weight is 346 g/mol. The number of ether oxygens (including phenoxy) is 1. The summed E-state index contributed by atoms with van der Waals surface area (Å²) in [6, 6.07) is 0. The molecule has 3 fully saturated rings. The largest absolute Gasteiger partial charge is 0.422 e. The van der Waals surface area contributed by atoms with Gasteiger partial charge in [0.2, 0.25) is 11.8 Å². The Labute approximate surface area is 145 Å². The molecule has 3 atom stereocenters. The summed E-state index contributed by atoms with van der Waals surface area (Å²) in [4.78, 5) is 7.04. The van der Waals surface area contributed by atoms with Gasteiger partial charge in [0.05, 0.1) is 16.8 Å². The maximum absolute atomic E-state index is 6.28. The summed E-state index contributed by atoms with van der Waals surface area (Å²) >= 11 is 1.72. The van der Waals surface area contributed by atoms with Crippen LogP contribution in [0, 0.1) is 12.8 Å². The highest BCUT2D eigenvalue weighted by Gasteiger charge is 2.42. The summed E-state index contributed by atoms with van der Waals surface area (Å²) in [7, 11) is 0. The van der Waals surface area contributed by atoms with E-state index in [0.29, 0.717) is 17.7 Å². The molecule has 128 valence electrons. The van der Waals surface area contributed by atoms with Crippen LogP contribution in [0.1, 0.15) is 60.2 Å². The molecule has 7 heteroatoms. The van der Waals surface area contributed by atoms with Gasteiger partial charge in [-0.3, -0.25) is 4.90 Å². The van der Waals surface area contributed by atoms with E-state index >= 15 is 0 Å².